The van der Waals surface area contributed by atoms with Crippen LogP contribution >= 0.6 is 31.9 Å². The van der Waals surface area contributed by atoms with Crippen molar-refractivity contribution in [1.82, 2.24) is 5.32 Å². The first kappa shape index (κ1) is 13.5. The summed E-state index contributed by atoms with van der Waals surface area (Å²) in [6.07, 6.45) is -0.888. The molecule has 1 fully saturated rings. The normalized spacial score (nSPS) is 22.2. The minimum absolute atomic E-state index is 0.137. The van der Waals surface area contributed by atoms with Gasteiger partial charge < -0.3 is 15.8 Å². The molecule has 1 atom stereocenters. The van der Waals surface area contributed by atoms with Gasteiger partial charge in [0, 0.05) is 14.5 Å². The Hall–Kier alpha value is -0.890. The first-order chi connectivity index (χ1) is 8.31. The van der Waals surface area contributed by atoms with E-state index in [0.29, 0.717) is 8.95 Å². The molecule has 0 aromatic heterocycles. The van der Waals surface area contributed by atoms with Crippen molar-refractivity contribution >= 4 is 43.6 Å². The van der Waals surface area contributed by atoms with Crippen LogP contribution in [0.15, 0.2) is 21.1 Å². The number of rotatable bonds is 1. The third-order valence-corrected chi connectivity index (χ3v) is 3.63. The number of cyclic esters (lactones) is 1. The topological polar surface area (TPSA) is 64.3 Å². The number of benzene rings is 1. The second kappa shape index (κ2) is 4.65. The smallest absolute Gasteiger partial charge is 0.408 e. The zero-order chi connectivity index (χ0) is 13.5. The number of hydrogen-bond acceptors (Lipinski definition) is 3. The van der Waals surface area contributed by atoms with Crippen LogP contribution in [0.1, 0.15) is 11.6 Å². The Morgan fingerprint density at radius 3 is 2.78 bits per heavy atom. The molecular weight excluding hydrogens is 378 g/mol. The molecule has 2 rings (SSSR count). The molecule has 0 bridgehead atoms. The van der Waals surface area contributed by atoms with Gasteiger partial charge in [-0.15, -0.1) is 0 Å². The molecule has 0 unspecified atom stereocenters. The molecule has 1 saturated heterocycles. The van der Waals surface area contributed by atoms with Crippen molar-refractivity contribution in [1.29, 1.82) is 0 Å². The van der Waals surface area contributed by atoms with Gasteiger partial charge in [0.2, 0.25) is 0 Å². The molecule has 1 heterocycles. The van der Waals surface area contributed by atoms with Crippen molar-refractivity contribution in [3.63, 3.8) is 0 Å². The number of amides is 1. The van der Waals surface area contributed by atoms with Crippen LogP contribution in [0, 0.1) is 0 Å². The molecule has 3 N–H and O–H groups in total. The summed E-state index contributed by atoms with van der Waals surface area (Å²) in [5.41, 5.74) is 6.05. The zero-order valence-corrected chi connectivity index (χ0v) is 12.0. The Labute approximate surface area is 118 Å². The van der Waals surface area contributed by atoms with E-state index in [9.17, 15) is 13.6 Å². The van der Waals surface area contributed by atoms with Crippen molar-refractivity contribution < 1.29 is 18.3 Å². The average Bonchev–Trinajstić information content (AvgIpc) is 2.27. The van der Waals surface area contributed by atoms with Gasteiger partial charge in [0.25, 0.3) is 0 Å². The van der Waals surface area contributed by atoms with Gasteiger partial charge in [-0.25, -0.2) is 13.6 Å². The molecule has 4 nitrogen and oxygen atoms in total. The first-order valence-electron chi connectivity index (χ1n) is 4.87. The van der Waals surface area contributed by atoms with E-state index in [1.807, 2.05) is 0 Å². The maximum absolute atomic E-state index is 13.7. The minimum Gasteiger partial charge on any atom is -0.443 e. The van der Waals surface area contributed by atoms with Gasteiger partial charge >= 0.3 is 12.0 Å². The summed E-state index contributed by atoms with van der Waals surface area (Å²) in [5.74, 6) is -3.22. The van der Waals surface area contributed by atoms with Gasteiger partial charge in [0.15, 0.2) is 6.61 Å². The predicted octanol–water partition coefficient (Wildman–Crippen LogP) is 3.21. The molecule has 0 aliphatic carbocycles. The van der Waals surface area contributed by atoms with Crippen LogP contribution in [-0.4, -0.2) is 18.6 Å². The number of alkyl halides is 2. The highest BCUT2D eigenvalue weighted by Gasteiger charge is 2.47. The fraction of sp³-hybridized carbons (Fsp3) is 0.300. The highest BCUT2D eigenvalue weighted by atomic mass is 79.9. The maximum atomic E-state index is 13.7. The Bertz CT molecular complexity index is 511. The minimum atomic E-state index is -3.22. The van der Waals surface area contributed by atoms with E-state index >= 15 is 0 Å². The third-order valence-electron chi connectivity index (χ3n) is 2.52. The van der Waals surface area contributed by atoms with Crippen LogP contribution in [0.5, 0.6) is 0 Å². The first-order valence-corrected chi connectivity index (χ1v) is 6.45. The number of halogens is 4. The lowest BCUT2D eigenvalue weighted by molar-refractivity contribution is -0.104. The van der Waals surface area contributed by atoms with Gasteiger partial charge in [-0.3, -0.25) is 0 Å². The van der Waals surface area contributed by atoms with Crippen LogP contribution in [0.2, 0.25) is 0 Å². The molecule has 0 saturated carbocycles. The maximum Gasteiger partial charge on any atom is 0.408 e. The highest BCUT2D eigenvalue weighted by Crippen LogP contribution is 2.40. The van der Waals surface area contributed by atoms with Crippen molar-refractivity contribution in [2.45, 2.75) is 12.0 Å². The summed E-state index contributed by atoms with van der Waals surface area (Å²) in [7, 11) is 0. The molecular formula is C10H8Br2F2N2O2. The number of carbonyl (C=O) groups excluding carboxylic acids is 1. The summed E-state index contributed by atoms with van der Waals surface area (Å²) in [6, 6.07) is 1.58. The molecule has 0 spiro atoms. The number of alkyl carbamates (subject to hydrolysis) is 1. The fourth-order valence-corrected chi connectivity index (χ4v) is 2.92. The van der Waals surface area contributed by atoms with Gasteiger partial charge in [0.05, 0.1) is 5.69 Å². The van der Waals surface area contributed by atoms with E-state index in [0.717, 1.165) is 0 Å². The monoisotopic (exact) mass is 384 g/mol. The van der Waals surface area contributed by atoms with Crippen LogP contribution in [0.3, 0.4) is 0 Å². The Kier molecular flexibility index (Phi) is 3.50. The lowest BCUT2D eigenvalue weighted by atomic mass is 9.98. The molecule has 1 aromatic carbocycles. The summed E-state index contributed by atoms with van der Waals surface area (Å²) in [6.45, 7) is -0.965. The standard InChI is InChI=1S/C10H8Br2F2N2O2/c11-4-1-5(7(15)6(12)2-4)8-10(13,14)3-18-9(17)16-8/h1-2,8H,3,15H2,(H,16,17)/t8-/m1/s1. The van der Waals surface area contributed by atoms with Gasteiger partial charge in [0.1, 0.15) is 6.04 Å². The van der Waals surface area contributed by atoms with Gasteiger partial charge in [-0.2, -0.15) is 0 Å². The number of nitrogens with two attached hydrogens (primary N) is 1. The SMILES string of the molecule is Nc1c(Br)cc(Br)cc1[C@H]1NC(=O)OCC1(F)F. The number of nitrogens with one attached hydrogen (secondary N) is 1. The van der Waals surface area contributed by atoms with E-state index in [4.69, 9.17) is 5.73 Å². The summed E-state index contributed by atoms with van der Waals surface area (Å²) < 4.78 is 32.8. The molecule has 98 valence electrons. The van der Waals surface area contributed by atoms with Gasteiger partial charge in [-0.05, 0) is 28.1 Å². The van der Waals surface area contributed by atoms with Crippen LogP contribution < -0.4 is 11.1 Å². The van der Waals surface area contributed by atoms with E-state index in [1.165, 1.54) is 6.07 Å². The van der Waals surface area contributed by atoms with Crippen molar-refractivity contribution in [2.75, 3.05) is 12.3 Å². The molecule has 1 aliphatic rings. The average molecular weight is 386 g/mol. The lowest BCUT2D eigenvalue weighted by Gasteiger charge is -2.32. The third kappa shape index (κ3) is 2.44. The molecule has 1 amide bonds. The second-order valence-electron chi connectivity index (χ2n) is 3.81. The summed E-state index contributed by atoms with van der Waals surface area (Å²) in [5, 5.41) is 2.09. The Morgan fingerprint density at radius 1 is 1.44 bits per heavy atom. The molecule has 18 heavy (non-hydrogen) atoms. The predicted molar refractivity (Wildman–Crippen MR) is 68.4 cm³/mol. The van der Waals surface area contributed by atoms with Crippen molar-refractivity contribution in [3.8, 4) is 0 Å². The quantitative estimate of drug-likeness (QED) is 0.729. The van der Waals surface area contributed by atoms with E-state index < -0.39 is 24.7 Å². The van der Waals surface area contributed by atoms with Crippen LogP contribution in [0.4, 0.5) is 19.3 Å². The number of carbonyl (C=O) groups is 1. The van der Waals surface area contributed by atoms with Crippen LogP contribution in [-0.2, 0) is 4.74 Å². The summed E-state index contributed by atoms with van der Waals surface area (Å²) in [4.78, 5) is 11.1. The highest BCUT2D eigenvalue weighted by molar-refractivity contribution is 9.11. The Balaban J connectivity index is 2.49. The number of ether oxygens (including phenoxy) is 1. The molecule has 0 radical (unpaired) electrons. The van der Waals surface area contributed by atoms with Crippen LogP contribution in [0.25, 0.3) is 0 Å². The molecule has 1 aliphatic heterocycles. The summed E-state index contributed by atoms with van der Waals surface area (Å²) >= 11 is 6.36. The zero-order valence-electron chi connectivity index (χ0n) is 8.84. The van der Waals surface area contributed by atoms with Gasteiger partial charge in [-0.1, -0.05) is 15.9 Å². The molecule has 8 heteroatoms. The Morgan fingerprint density at radius 2 is 2.11 bits per heavy atom. The van der Waals surface area contributed by atoms with Crippen molar-refractivity contribution in [3.05, 3.63) is 26.6 Å². The number of nitrogen functional groups attached to an aromatic ring is 1. The van der Waals surface area contributed by atoms with Crippen molar-refractivity contribution in [2.24, 2.45) is 0 Å². The van der Waals surface area contributed by atoms with E-state index in [1.54, 1.807) is 6.07 Å². The fourth-order valence-electron chi connectivity index (χ4n) is 1.66. The van der Waals surface area contributed by atoms with E-state index in [-0.39, 0.29) is 11.3 Å². The second-order valence-corrected chi connectivity index (χ2v) is 5.58. The van der Waals surface area contributed by atoms with E-state index in [2.05, 4.69) is 41.9 Å². The number of anilines is 1. The molecule has 1 aromatic rings. The number of hydrogen-bond donors (Lipinski definition) is 2. The largest absolute Gasteiger partial charge is 0.443 e. The lowest BCUT2D eigenvalue weighted by Crippen LogP contribution is -2.49.